The summed E-state index contributed by atoms with van der Waals surface area (Å²) in [6, 6.07) is 9.46. The topological polar surface area (TPSA) is 93.0 Å². The molecule has 1 fully saturated rings. The number of nitrogens with one attached hydrogen (secondary N) is 2. The van der Waals surface area contributed by atoms with Gasteiger partial charge in [0.05, 0.1) is 5.69 Å². The molecule has 0 spiro atoms. The van der Waals surface area contributed by atoms with Crippen molar-refractivity contribution in [3.05, 3.63) is 36.5 Å². The molecule has 0 atom stereocenters. The SMILES string of the molecule is NC1(C(=O)Nc2ccc(-c3ccn[nH]3)cc2)CCOCC1. The third-order valence-electron chi connectivity index (χ3n) is 3.79. The zero-order chi connectivity index (χ0) is 14.7. The minimum absolute atomic E-state index is 0.153. The fraction of sp³-hybridized carbons (Fsp3) is 0.333. The normalized spacial score (nSPS) is 17.4. The van der Waals surface area contributed by atoms with Gasteiger partial charge < -0.3 is 15.8 Å². The number of rotatable bonds is 3. The second-order valence-corrected chi connectivity index (χ2v) is 5.27. The maximum atomic E-state index is 12.3. The average Bonchev–Trinajstić information content (AvgIpc) is 3.03. The molecule has 4 N–H and O–H groups in total. The minimum atomic E-state index is -0.833. The van der Waals surface area contributed by atoms with E-state index >= 15 is 0 Å². The summed E-state index contributed by atoms with van der Waals surface area (Å²) in [5.41, 5.74) is 8.01. The standard InChI is InChI=1S/C15H18N4O2/c16-15(6-9-21-10-7-15)14(20)18-12-3-1-11(2-4-12)13-5-8-17-19-13/h1-5,8H,6-7,9-10,16H2,(H,17,19)(H,18,20). The second-order valence-electron chi connectivity index (χ2n) is 5.27. The molecule has 0 bridgehead atoms. The maximum Gasteiger partial charge on any atom is 0.244 e. The number of amides is 1. The molecular formula is C15H18N4O2. The number of ether oxygens (including phenoxy) is 1. The highest BCUT2D eigenvalue weighted by molar-refractivity contribution is 5.98. The molecule has 3 rings (SSSR count). The van der Waals surface area contributed by atoms with E-state index in [-0.39, 0.29) is 5.91 Å². The van der Waals surface area contributed by atoms with Crippen LogP contribution in [-0.2, 0) is 9.53 Å². The van der Waals surface area contributed by atoms with Crippen LogP contribution >= 0.6 is 0 Å². The monoisotopic (exact) mass is 286 g/mol. The van der Waals surface area contributed by atoms with E-state index in [0.717, 1.165) is 16.9 Å². The van der Waals surface area contributed by atoms with Crippen LogP contribution < -0.4 is 11.1 Å². The van der Waals surface area contributed by atoms with E-state index < -0.39 is 5.54 Å². The predicted molar refractivity (Wildman–Crippen MR) is 79.6 cm³/mol. The van der Waals surface area contributed by atoms with Crippen molar-refractivity contribution in [1.29, 1.82) is 0 Å². The summed E-state index contributed by atoms with van der Waals surface area (Å²) in [5, 5.41) is 9.70. The number of hydrogen-bond donors (Lipinski definition) is 3. The Morgan fingerprint density at radius 3 is 2.57 bits per heavy atom. The van der Waals surface area contributed by atoms with Crippen LogP contribution in [0.4, 0.5) is 5.69 Å². The summed E-state index contributed by atoms with van der Waals surface area (Å²) in [5.74, 6) is -0.153. The Balaban J connectivity index is 1.69. The third kappa shape index (κ3) is 2.96. The van der Waals surface area contributed by atoms with Gasteiger partial charge in [-0.05, 0) is 36.6 Å². The number of nitrogens with two attached hydrogens (primary N) is 1. The first kappa shape index (κ1) is 13.8. The van der Waals surface area contributed by atoms with Gasteiger partial charge in [-0.15, -0.1) is 0 Å². The van der Waals surface area contributed by atoms with E-state index in [1.54, 1.807) is 6.20 Å². The Hall–Kier alpha value is -2.18. The summed E-state index contributed by atoms with van der Waals surface area (Å²) >= 11 is 0. The molecule has 1 amide bonds. The first-order valence-electron chi connectivity index (χ1n) is 6.95. The molecule has 0 saturated carbocycles. The molecule has 1 aromatic carbocycles. The number of aromatic amines is 1. The van der Waals surface area contributed by atoms with Gasteiger partial charge in [0.25, 0.3) is 0 Å². The number of anilines is 1. The van der Waals surface area contributed by atoms with Gasteiger partial charge in [0.2, 0.25) is 5.91 Å². The molecule has 1 aliphatic rings. The van der Waals surface area contributed by atoms with E-state index in [4.69, 9.17) is 10.5 Å². The molecule has 110 valence electrons. The Morgan fingerprint density at radius 2 is 1.95 bits per heavy atom. The van der Waals surface area contributed by atoms with Crippen LogP contribution in [0.15, 0.2) is 36.5 Å². The summed E-state index contributed by atoms with van der Waals surface area (Å²) in [7, 11) is 0. The van der Waals surface area contributed by atoms with Gasteiger partial charge in [0.15, 0.2) is 0 Å². The van der Waals surface area contributed by atoms with Crippen molar-refractivity contribution in [3.63, 3.8) is 0 Å². The number of carbonyl (C=O) groups is 1. The van der Waals surface area contributed by atoms with Crippen LogP contribution in [0.25, 0.3) is 11.3 Å². The van der Waals surface area contributed by atoms with Crippen LogP contribution in [0, 0.1) is 0 Å². The molecule has 21 heavy (non-hydrogen) atoms. The van der Waals surface area contributed by atoms with Gasteiger partial charge in [-0.25, -0.2) is 0 Å². The number of H-pyrrole nitrogens is 1. The summed E-state index contributed by atoms with van der Waals surface area (Å²) in [6.45, 7) is 1.06. The van der Waals surface area contributed by atoms with Crippen molar-refractivity contribution >= 4 is 11.6 Å². The van der Waals surface area contributed by atoms with Crippen LogP contribution in [0.5, 0.6) is 0 Å². The van der Waals surface area contributed by atoms with Gasteiger partial charge in [0, 0.05) is 25.1 Å². The molecule has 6 nitrogen and oxygen atoms in total. The number of aromatic nitrogens is 2. The molecule has 2 aromatic rings. The lowest BCUT2D eigenvalue weighted by Gasteiger charge is -2.31. The lowest BCUT2D eigenvalue weighted by molar-refractivity contribution is -0.124. The van der Waals surface area contributed by atoms with Crippen molar-refractivity contribution in [2.45, 2.75) is 18.4 Å². The highest BCUT2D eigenvalue weighted by Crippen LogP contribution is 2.22. The smallest absolute Gasteiger partial charge is 0.244 e. The average molecular weight is 286 g/mol. The van der Waals surface area contributed by atoms with Crippen LogP contribution in [0.1, 0.15) is 12.8 Å². The molecule has 2 heterocycles. The van der Waals surface area contributed by atoms with Crippen molar-refractivity contribution in [1.82, 2.24) is 10.2 Å². The maximum absolute atomic E-state index is 12.3. The largest absolute Gasteiger partial charge is 0.381 e. The minimum Gasteiger partial charge on any atom is -0.381 e. The second kappa shape index (κ2) is 5.67. The molecule has 6 heteroatoms. The first-order valence-corrected chi connectivity index (χ1v) is 6.95. The predicted octanol–water partition coefficient (Wildman–Crippen LogP) is 1.52. The van der Waals surface area contributed by atoms with Crippen molar-refractivity contribution in [2.24, 2.45) is 5.73 Å². The van der Waals surface area contributed by atoms with Crippen molar-refractivity contribution < 1.29 is 9.53 Å². The fourth-order valence-electron chi connectivity index (χ4n) is 2.37. The Morgan fingerprint density at radius 1 is 1.24 bits per heavy atom. The lowest BCUT2D eigenvalue weighted by Crippen LogP contribution is -2.54. The van der Waals surface area contributed by atoms with Crippen molar-refractivity contribution in [2.75, 3.05) is 18.5 Å². The number of carbonyl (C=O) groups excluding carboxylic acids is 1. The van der Waals surface area contributed by atoms with Crippen LogP contribution in [-0.4, -0.2) is 34.9 Å². The molecule has 0 radical (unpaired) electrons. The lowest BCUT2D eigenvalue weighted by atomic mass is 9.90. The molecular weight excluding hydrogens is 268 g/mol. The van der Waals surface area contributed by atoms with Crippen LogP contribution in [0.3, 0.4) is 0 Å². The van der Waals surface area contributed by atoms with Gasteiger partial charge in [-0.2, -0.15) is 5.10 Å². The zero-order valence-electron chi connectivity index (χ0n) is 11.6. The van der Waals surface area contributed by atoms with Gasteiger partial charge in [0.1, 0.15) is 5.54 Å². The van der Waals surface area contributed by atoms with Crippen molar-refractivity contribution in [3.8, 4) is 11.3 Å². The van der Waals surface area contributed by atoms with E-state index in [0.29, 0.717) is 26.1 Å². The number of benzene rings is 1. The molecule has 0 unspecified atom stereocenters. The van der Waals surface area contributed by atoms with Gasteiger partial charge in [-0.1, -0.05) is 12.1 Å². The highest BCUT2D eigenvalue weighted by Gasteiger charge is 2.35. The Kier molecular flexibility index (Phi) is 3.72. The third-order valence-corrected chi connectivity index (χ3v) is 3.79. The first-order chi connectivity index (χ1) is 10.2. The zero-order valence-corrected chi connectivity index (χ0v) is 11.6. The molecule has 1 aromatic heterocycles. The quantitative estimate of drug-likeness (QED) is 0.797. The van der Waals surface area contributed by atoms with E-state index in [1.165, 1.54) is 0 Å². The van der Waals surface area contributed by atoms with E-state index in [9.17, 15) is 4.79 Å². The van der Waals surface area contributed by atoms with E-state index in [2.05, 4.69) is 15.5 Å². The summed E-state index contributed by atoms with van der Waals surface area (Å²) in [4.78, 5) is 12.3. The van der Waals surface area contributed by atoms with Gasteiger partial charge in [-0.3, -0.25) is 9.89 Å². The molecule has 0 aliphatic carbocycles. The molecule has 1 saturated heterocycles. The van der Waals surface area contributed by atoms with Crippen LogP contribution in [0.2, 0.25) is 0 Å². The van der Waals surface area contributed by atoms with E-state index in [1.807, 2.05) is 30.3 Å². The molecule has 1 aliphatic heterocycles. The summed E-state index contributed by atoms with van der Waals surface area (Å²) in [6.07, 6.45) is 2.80. The Bertz CT molecular complexity index is 601. The summed E-state index contributed by atoms with van der Waals surface area (Å²) < 4.78 is 5.25. The van der Waals surface area contributed by atoms with Gasteiger partial charge >= 0.3 is 0 Å². The fourth-order valence-corrected chi connectivity index (χ4v) is 2.37. The number of hydrogen-bond acceptors (Lipinski definition) is 4. The number of nitrogens with zero attached hydrogens (tertiary/aromatic N) is 1. The highest BCUT2D eigenvalue weighted by atomic mass is 16.5. The Labute approximate surface area is 122 Å².